The van der Waals surface area contributed by atoms with E-state index in [9.17, 15) is 9.59 Å². The highest BCUT2D eigenvalue weighted by molar-refractivity contribution is 6.03. The quantitative estimate of drug-likeness (QED) is 0.567. The van der Waals surface area contributed by atoms with E-state index in [2.05, 4.69) is 20.5 Å². The first-order valence-electron chi connectivity index (χ1n) is 14.2. The maximum absolute atomic E-state index is 13.3. The van der Waals surface area contributed by atoms with Crippen molar-refractivity contribution in [2.24, 2.45) is 5.41 Å². The molecule has 9 heteroatoms. The molecule has 3 aliphatic carbocycles. The molecule has 1 aromatic carbocycles. The zero-order valence-electron chi connectivity index (χ0n) is 22.5. The summed E-state index contributed by atoms with van der Waals surface area (Å²) < 4.78 is 5.64. The van der Waals surface area contributed by atoms with Crippen LogP contribution in [0.1, 0.15) is 81.0 Å². The number of aromatic nitrogens is 2. The van der Waals surface area contributed by atoms with Gasteiger partial charge in [0.1, 0.15) is 11.4 Å². The molecule has 2 heterocycles. The number of hydrogen-bond acceptors (Lipinski definition) is 7. The molecule has 4 aliphatic rings. The van der Waals surface area contributed by atoms with Gasteiger partial charge < -0.3 is 25.2 Å². The number of ether oxygens (including phenoxy) is 1. The van der Waals surface area contributed by atoms with E-state index in [1.54, 1.807) is 30.3 Å². The van der Waals surface area contributed by atoms with Crippen molar-refractivity contribution in [2.75, 3.05) is 35.8 Å². The van der Waals surface area contributed by atoms with Gasteiger partial charge in [0, 0.05) is 31.2 Å². The molecule has 6 rings (SSSR count). The maximum atomic E-state index is 13.3. The van der Waals surface area contributed by atoms with Crippen molar-refractivity contribution in [1.82, 2.24) is 15.3 Å². The number of carbonyl (C=O) groups excluding carboxylic acids is 2. The Bertz CT molecular complexity index is 1220. The minimum atomic E-state index is -0.289. The maximum Gasteiger partial charge on any atom is 0.251 e. The average molecular weight is 519 g/mol. The van der Waals surface area contributed by atoms with Crippen molar-refractivity contribution < 1.29 is 14.3 Å². The number of anilines is 4. The summed E-state index contributed by atoms with van der Waals surface area (Å²) in [4.78, 5) is 39.8. The predicted octanol–water partition coefficient (Wildman–Crippen LogP) is 4.80. The summed E-state index contributed by atoms with van der Waals surface area (Å²) in [6.45, 7) is 0.721. The first kappa shape index (κ1) is 24.9. The molecule has 2 amide bonds. The van der Waals surface area contributed by atoms with Crippen molar-refractivity contribution in [2.45, 2.75) is 82.7 Å². The summed E-state index contributed by atoms with van der Waals surface area (Å²) in [6.07, 6.45) is 14.0. The van der Waals surface area contributed by atoms with Gasteiger partial charge in [0.15, 0.2) is 5.82 Å². The summed E-state index contributed by atoms with van der Waals surface area (Å²) in [5.74, 6) is 1.91. The average Bonchev–Trinajstić information content (AvgIpc) is 3.55. The summed E-state index contributed by atoms with van der Waals surface area (Å²) >= 11 is 0. The van der Waals surface area contributed by atoms with E-state index in [1.807, 2.05) is 13.1 Å². The number of fused-ring (bicyclic) bond motifs is 1. The lowest BCUT2D eigenvalue weighted by atomic mass is 9.95. The van der Waals surface area contributed by atoms with Gasteiger partial charge in [-0.1, -0.05) is 32.1 Å². The molecule has 2 aromatic rings. The largest absolute Gasteiger partial charge is 0.495 e. The lowest BCUT2D eigenvalue weighted by molar-refractivity contribution is -0.122. The van der Waals surface area contributed by atoms with Crippen LogP contribution in [0.3, 0.4) is 0 Å². The van der Waals surface area contributed by atoms with Crippen LogP contribution in [0.5, 0.6) is 5.75 Å². The Morgan fingerprint density at radius 3 is 2.53 bits per heavy atom. The summed E-state index contributed by atoms with van der Waals surface area (Å²) in [6, 6.07) is 6.05. The van der Waals surface area contributed by atoms with Crippen LogP contribution >= 0.6 is 0 Å². The summed E-state index contributed by atoms with van der Waals surface area (Å²) in [5, 5.41) is 6.48. The fourth-order valence-electron chi connectivity index (χ4n) is 6.42. The van der Waals surface area contributed by atoms with Crippen LogP contribution in [0.15, 0.2) is 24.4 Å². The van der Waals surface area contributed by atoms with Gasteiger partial charge in [-0.15, -0.1) is 0 Å². The van der Waals surface area contributed by atoms with Gasteiger partial charge in [-0.25, -0.2) is 4.98 Å². The van der Waals surface area contributed by atoms with Crippen LogP contribution in [0.4, 0.5) is 23.1 Å². The third-order valence-corrected chi connectivity index (χ3v) is 8.88. The number of hydrogen-bond donors (Lipinski definition) is 2. The van der Waals surface area contributed by atoms with Gasteiger partial charge in [-0.2, -0.15) is 4.98 Å². The van der Waals surface area contributed by atoms with Gasteiger partial charge >= 0.3 is 0 Å². The lowest BCUT2D eigenvalue weighted by Crippen LogP contribution is -2.41. The first-order valence-corrected chi connectivity index (χ1v) is 14.2. The molecule has 0 bridgehead atoms. The highest BCUT2D eigenvalue weighted by Crippen LogP contribution is 2.52. The molecule has 1 aliphatic heterocycles. The number of benzene rings is 1. The molecule has 38 heavy (non-hydrogen) atoms. The van der Waals surface area contributed by atoms with Crippen molar-refractivity contribution >= 4 is 35.0 Å². The Hall–Kier alpha value is -3.36. The Balaban J connectivity index is 1.26. The monoisotopic (exact) mass is 518 g/mol. The van der Waals surface area contributed by atoms with Crippen molar-refractivity contribution in [3.8, 4) is 5.75 Å². The van der Waals surface area contributed by atoms with E-state index in [4.69, 9.17) is 9.72 Å². The molecule has 9 nitrogen and oxygen atoms in total. The Morgan fingerprint density at radius 2 is 1.82 bits per heavy atom. The van der Waals surface area contributed by atoms with E-state index in [-0.39, 0.29) is 23.3 Å². The van der Waals surface area contributed by atoms with E-state index in [1.165, 1.54) is 32.1 Å². The number of methoxy groups -OCH3 is 1. The van der Waals surface area contributed by atoms with Gasteiger partial charge in [-0.3, -0.25) is 9.59 Å². The van der Waals surface area contributed by atoms with Crippen LogP contribution < -0.4 is 25.2 Å². The lowest BCUT2D eigenvalue weighted by Gasteiger charge is -2.31. The van der Waals surface area contributed by atoms with Gasteiger partial charge in [0.05, 0.1) is 24.4 Å². The highest BCUT2D eigenvalue weighted by atomic mass is 16.5. The summed E-state index contributed by atoms with van der Waals surface area (Å²) in [7, 11) is 3.44. The van der Waals surface area contributed by atoms with E-state index in [0.29, 0.717) is 29.0 Å². The Morgan fingerprint density at radius 1 is 1.08 bits per heavy atom. The molecule has 1 aromatic heterocycles. The van der Waals surface area contributed by atoms with Crippen molar-refractivity contribution in [3.63, 3.8) is 0 Å². The number of carbonyl (C=O) groups is 2. The van der Waals surface area contributed by atoms with Crippen LogP contribution in [-0.4, -0.2) is 54.6 Å². The molecule has 0 unspecified atom stereocenters. The van der Waals surface area contributed by atoms with Crippen LogP contribution in [0.2, 0.25) is 0 Å². The second-order valence-corrected chi connectivity index (χ2v) is 11.5. The minimum Gasteiger partial charge on any atom is -0.495 e. The van der Waals surface area contributed by atoms with Gasteiger partial charge in [0.2, 0.25) is 11.9 Å². The molecule has 202 valence electrons. The highest BCUT2D eigenvalue weighted by Gasteiger charge is 2.55. The number of rotatable bonds is 6. The number of nitrogens with one attached hydrogen (secondary N) is 2. The molecule has 2 N–H and O–H groups in total. The standard InChI is InChI=1S/C29H38N6O3/c1-34-23-17-30-28(33-25(23)35(21-10-6-7-11-21)18-29(14-15-29)27(34)37)32-22-13-12-19(16-24(22)38-2)26(36)31-20-8-4-3-5-9-20/h12-13,16-17,20-21H,3-11,14-15,18H2,1-2H3,(H,31,36)(H,30,32,33). The van der Waals surface area contributed by atoms with E-state index in [0.717, 1.165) is 56.6 Å². The van der Waals surface area contributed by atoms with E-state index >= 15 is 0 Å². The zero-order chi connectivity index (χ0) is 26.3. The topological polar surface area (TPSA) is 99.7 Å². The Labute approximate surface area is 224 Å². The second-order valence-electron chi connectivity index (χ2n) is 11.5. The third kappa shape index (κ3) is 4.67. The van der Waals surface area contributed by atoms with Crippen molar-refractivity contribution in [3.05, 3.63) is 30.0 Å². The number of nitrogens with zero attached hydrogens (tertiary/aromatic N) is 4. The summed E-state index contributed by atoms with van der Waals surface area (Å²) in [5.41, 5.74) is 1.73. The third-order valence-electron chi connectivity index (χ3n) is 8.88. The molecule has 1 spiro atoms. The molecule has 3 fully saturated rings. The predicted molar refractivity (Wildman–Crippen MR) is 147 cm³/mol. The first-order chi connectivity index (χ1) is 18.5. The minimum absolute atomic E-state index is 0.0723. The fraction of sp³-hybridized carbons (Fsp3) is 0.586. The van der Waals surface area contributed by atoms with Crippen LogP contribution in [0.25, 0.3) is 0 Å². The molecule has 0 atom stereocenters. The SMILES string of the molecule is COc1cc(C(=O)NC2CCCCC2)ccc1Nc1ncc2c(n1)N(C1CCCC1)CC1(CC1)C(=O)N2C. The van der Waals surface area contributed by atoms with Gasteiger partial charge in [0.25, 0.3) is 5.91 Å². The normalized spacial score (nSPS) is 21.3. The molecular formula is C29H38N6O3. The van der Waals surface area contributed by atoms with Gasteiger partial charge in [-0.05, 0) is 56.7 Å². The van der Waals surface area contributed by atoms with Crippen LogP contribution in [0, 0.1) is 5.41 Å². The molecule has 0 saturated heterocycles. The molecular weight excluding hydrogens is 480 g/mol. The zero-order valence-corrected chi connectivity index (χ0v) is 22.5. The van der Waals surface area contributed by atoms with Crippen LogP contribution in [-0.2, 0) is 4.79 Å². The molecule has 3 saturated carbocycles. The second kappa shape index (κ2) is 10.1. The molecule has 0 radical (unpaired) electrons. The smallest absolute Gasteiger partial charge is 0.251 e. The fourth-order valence-corrected chi connectivity index (χ4v) is 6.42. The van der Waals surface area contributed by atoms with E-state index < -0.39 is 0 Å². The van der Waals surface area contributed by atoms with Crippen molar-refractivity contribution in [1.29, 1.82) is 0 Å². The number of amides is 2. The Kier molecular flexibility index (Phi) is 6.61.